The number of aliphatic hydroxyl groups is 1. The van der Waals surface area contributed by atoms with Gasteiger partial charge in [0.2, 0.25) is 10.0 Å². The van der Waals surface area contributed by atoms with Crippen LogP contribution in [-0.4, -0.2) is 25.7 Å². The van der Waals surface area contributed by atoms with Gasteiger partial charge in [-0.15, -0.1) is 0 Å². The lowest BCUT2D eigenvalue weighted by atomic mass is 9.71. The first kappa shape index (κ1) is 16.5. The minimum absolute atomic E-state index is 0.0462. The van der Waals surface area contributed by atoms with E-state index in [4.69, 9.17) is 0 Å². The van der Waals surface area contributed by atoms with E-state index in [1.54, 1.807) is 12.1 Å². The molecule has 118 valence electrons. The molecule has 1 aromatic carbocycles. The molecule has 5 heteroatoms. The van der Waals surface area contributed by atoms with Crippen molar-refractivity contribution in [3.63, 3.8) is 0 Å². The minimum Gasteiger partial charge on any atom is -0.389 e. The summed E-state index contributed by atoms with van der Waals surface area (Å²) in [5.41, 5.74) is 0.0933. The van der Waals surface area contributed by atoms with E-state index in [9.17, 15) is 13.5 Å². The fourth-order valence-corrected chi connectivity index (χ4v) is 3.88. The van der Waals surface area contributed by atoms with Gasteiger partial charge in [0.25, 0.3) is 0 Å². The molecule has 1 aliphatic carbocycles. The molecule has 0 atom stereocenters. The van der Waals surface area contributed by atoms with E-state index in [1.807, 2.05) is 18.2 Å². The van der Waals surface area contributed by atoms with E-state index in [0.717, 1.165) is 18.4 Å². The van der Waals surface area contributed by atoms with Gasteiger partial charge in [-0.2, -0.15) is 0 Å². The van der Waals surface area contributed by atoms with Crippen LogP contribution in [0.25, 0.3) is 0 Å². The Hall–Kier alpha value is -0.910. The Morgan fingerprint density at radius 2 is 1.67 bits per heavy atom. The lowest BCUT2D eigenvalue weighted by Crippen LogP contribution is -2.46. The van der Waals surface area contributed by atoms with Gasteiger partial charge in [-0.1, -0.05) is 44.2 Å². The molecule has 4 nitrogen and oxygen atoms in total. The molecule has 1 saturated carbocycles. The molecule has 1 aliphatic rings. The molecule has 0 amide bonds. The van der Waals surface area contributed by atoms with Gasteiger partial charge < -0.3 is 5.11 Å². The Balaban J connectivity index is 1.90. The van der Waals surface area contributed by atoms with E-state index in [1.165, 1.54) is 0 Å². The number of hydrogen-bond acceptors (Lipinski definition) is 3. The van der Waals surface area contributed by atoms with Crippen molar-refractivity contribution in [1.29, 1.82) is 0 Å². The molecule has 1 fully saturated rings. The van der Waals surface area contributed by atoms with E-state index in [-0.39, 0.29) is 17.7 Å². The molecule has 0 unspecified atom stereocenters. The number of nitrogens with one attached hydrogen (secondary N) is 1. The van der Waals surface area contributed by atoms with Crippen molar-refractivity contribution in [2.45, 2.75) is 50.9 Å². The molecule has 0 aromatic heterocycles. The second-order valence-electron chi connectivity index (χ2n) is 6.95. The van der Waals surface area contributed by atoms with Crippen molar-refractivity contribution in [3.8, 4) is 0 Å². The maximum absolute atomic E-state index is 12.1. The quantitative estimate of drug-likeness (QED) is 0.877. The van der Waals surface area contributed by atoms with Crippen molar-refractivity contribution in [2.24, 2.45) is 5.41 Å². The van der Waals surface area contributed by atoms with E-state index < -0.39 is 15.6 Å². The first-order valence-electron chi connectivity index (χ1n) is 7.44. The summed E-state index contributed by atoms with van der Waals surface area (Å²) in [6.07, 6.45) is 3.13. The molecule has 2 N–H and O–H groups in total. The van der Waals surface area contributed by atoms with Gasteiger partial charge in [0.1, 0.15) is 0 Å². The summed E-state index contributed by atoms with van der Waals surface area (Å²) < 4.78 is 26.7. The molecular formula is C16H25NO3S. The van der Waals surface area contributed by atoms with Gasteiger partial charge in [0, 0.05) is 6.54 Å². The predicted octanol–water partition coefficient (Wildman–Crippen LogP) is 2.44. The second-order valence-corrected chi connectivity index (χ2v) is 8.76. The zero-order valence-corrected chi connectivity index (χ0v) is 13.6. The second kappa shape index (κ2) is 6.07. The summed E-state index contributed by atoms with van der Waals surface area (Å²) in [4.78, 5) is 0. The van der Waals surface area contributed by atoms with Crippen LogP contribution < -0.4 is 4.72 Å². The average molecular weight is 311 g/mol. The fraction of sp³-hybridized carbons (Fsp3) is 0.625. The molecule has 0 heterocycles. The summed E-state index contributed by atoms with van der Waals surface area (Å²) in [5.74, 6) is -0.0462. The highest BCUT2D eigenvalue weighted by Gasteiger charge is 2.37. The Kier molecular flexibility index (Phi) is 4.76. The van der Waals surface area contributed by atoms with E-state index >= 15 is 0 Å². The van der Waals surface area contributed by atoms with Crippen LogP contribution in [0.3, 0.4) is 0 Å². The average Bonchev–Trinajstić information content (AvgIpc) is 2.42. The third kappa shape index (κ3) is 5.09. The van der Waals surface area contributed by atoms with Crippen molar-refractivity contribution in [1.82, 2.24) is 4.72 Å². The number of sulfonamides is 1. The molecular weight excluding hydrogens is 286 g/mol. The van der Waals surface area contributed by atoms with Crippen LogP contribution in [0, 0.1) is 5.41 Å². The predicted molar refractivity (Wildman–Crippen MR) is 84.3 cm³/mol. The van der Waals surface area contributed by atoms with Gasteiger partial charge in [-0.25, -0.2) is 13.1 Å². The summed E-state index contributed by atoms with van der Waals surface area (Å²) in [6, 6.07) is 9.08. The van der Waals surface area contributed by atoms with Crippen molar-refractivity contribution in [3.05, 3.63) is 35.9 Å². The molecule has 0 aliphatic heterocycles. The number of hydrogen-bond donors (Lipinski definition) is 2. The standard InChI is InChI=1S/C16H25NO3S/c1-15(2)8-10-16(18,11-9-15)13-17-21(19,20)12-14-6-4-3-5-7-14/h3-7,17-18H,8-13H2,1-2H3. The van der Waals surface area contributed by atoms with Crippen LogP contribution in [0.2, 0.25) is 0 Å². The Bertz CT molecular complexity index is 556. The highest BCUT2D eigenvalue weighted by Crippen LogP contribution is 2.39. The van der Waals surface area contributed by atoms with Crippen LogP contribution >= 0.6 is 0 Å². The Labute approximate surface area is 127 Å². The topological polar surface area (TPSA) is 66.4 Å². The molecule has 2 rings (SSSR count). The van der Waals surface area contributed by atoms with Crippen LogP contribution in [-0.2, 0) is 15.8 Å². The highest BCUT2D eigenvalue weighted by molar-refractivity contribution is 7.88. The lowest BCUT2D eigenvalue weighted by Gasteiger charge is -2.40. The largest absolute Gasteiger partial charge is 0.389 e. The smallest absolute Gasteiger partial charge is 0.215 e. The summed E-state index contributed by atoms with van der Waals surface area (Å²) in [7, 11) is -3.41. The molecule has 1 aromatic rings. The highest BCUT2D eigenvalue weighted by atomic mass is 32.2. The number of benzene rings is 1. The van der Waals surface area contributed by atoms with Gasteiger partial charge >= 0.3 is 0 Å². The number of rotatable bonds is 5. The lowest BCUT2D eigenvalue weighted by molar-refractivity contribution is -0.0205. The fourth-order valence-electron chi connectivity index (χ4n) is 2.66. The molecule has 0 saturated heterocycles. The van der Waals surface area contributed by atoms with Crippen LogP contribution in [0.1, 0.15) is 45.1 Å². The first-order chi connectivity index (χ1) is 9.70. The molecule has 0 radical (unpaired) electrons. The zero-order chi connectivity index (χ0) is 15.6. The SMILES string of the molecule is CC1(C)CCC(O)(CNS(=O)(=O)Cc2ccccc2)CC1. The Morgan fingerprint density at radius 3 is 2.24 bits per heavy atom. The summed E-state index contributed by atoms with van der Waals surface area (Å²) in [6.45, 7) is 4.48. The van der Waals surface area contributed by atoms with Gasteiger partial charge in [0.05, 0.1) is 11.4 Å². The summed E-state index contributed by atoms with van der Waals surface area (Å²) in [5, 5.41) is 10.5. The van der Waals surface area contributed by atoms with E-state index in [2.05, 4.69) is 18.6 Å². The minimum atomic E-state index is -3.41. The maximum Gasteiger partial charge on any atom is 0.215 e. The Morgan fingerprint density at radius 1 is 1.10 bits per heavy atom. The monoisotopic (exact) mass is 311 g/mol. The van der Waals surface area contributed by atoms with Crippen molar-refractivity contribution in [2.75, 3.05) is 6.54 Å². The third-order valence-electron chi connectivity index (χ3n) is 4.35. The molecule has 21 heavy (non-hydrogen) atoms. The van der Waals surface area contributed by atoms with Crippen LogP contribution in [0.5, 0.6) is 0 Å². The molecule has 0 bridgehead atoms. The maximum atomic E-state index is 12.1. The van der Waals surface area contributed by atoms with Gasteiger partial charge in [0.15, 0.2) is 0 Å². The van der Waals surface area contributed by atoms with Gasteiger partial charge in [-0.3, -0.25) is 0 Å². The van der Waals surface area contributed by atoms with Crippen LogP contribution in [0.4, 0.5) is 0 Å². The van der Waals surface area contributed by atoms with E-state index in [0.29, 0.717) is 12.8 Å². The van der Waals surface area contributed by atoms with Crippen molar-refractivity contribution < 1.29 is 13.5 Å². The summed E-state index contributed by atoms with van der Waals surface area (Å²) >= 11 is 0. The zero-order valence-electron chi connectivity index (χ0n) is 12.8. The normalized spacial score (nSPS) is 21.1. The molecule has 0 spiro atoms. The first-order valence-corrected chi connectivity index (χ1v) is 9.09. The van der Waals surface area contributed by atoms with Crippen molar-refractivity contribution >= 4 is 10.0 Å². The third-order valence-corrected chi connectivity index (χ3v) is 5.65. The van der Waals surface area contributed by atoms with Crippen LogP contribution in [0.15, 0.2) is 30.3 Å². The van der Waals surface area contributed by atoms with Gasteiger partial charge in [-0.05, 0) is 36.7 Å².